The number of halogens is 1. The summed E-state index contributed by atoms with van der Waals surface area (Å²) in [7, 11) is 0. The van der Waals surface area contributed by atoms with E-state index in [0.29, 0.717) is 30.4 Å². The van der Waals surface area contributed by atoms with Gasteiger partial charge in [-0.3, -0.25) is 4.79 Å². The van der Waals surface area contributed by atoms with Gasteiger partial charge in [-0.2, -0.15) is 4.98 Å². The summed E-state index contributed by atoms with van der Waals surface area (Å²) in [6.07, 6.45) is 0.827. The molecule has 1 amide bonds. The van der Waals surface area contributed by atoms with Gasteiger partial charge < -0.3 is 20.3 Å². The van der Waals surface area contributed by atoms with Gasteiger partial charge in [-0.1, -0.05) is 41.9 Å². The number of aromatic nitrogens is 2. The first kappa shape index (κ1) is 22.4. The standard InChI is InChI=1S/C25H24ClN5O2S/c26-18-7-9-19(10-8-18)33-16-22(32)30-11-4-12-31(14-13-30)23-20-15-21(17-5-2-1-3-6-17)34-24(20)29-25(27)28-23/h1-3,5-10,15H,4,11-14,16H2,(H2,27,28,29). The van der Waals surface area contributed by atoms with Crippen LogP contribution in [-0.2, 0) is 4.79 Å². The molecule has 3 heterocycles. The SMILES string of the molecule is Nc1nc(N2CCCN(C(=O)COc3ccc(Cl)cc3)CC2)c2cc(-c3ccccc3)sc2n1. The molecule has 34 heavy (non-hydrogen) atoms. The van der Waals surface area contributed by atoms with Gasteiger partial charge in [0.15, 0.2) is 6.61 Å². The van der Waals surface area contributed by atoms with E-state index in [1.807, 2.05) is 23.1 Å². The Kier molecular flexibility index (Phi) is 6.51. The summed E-state index contributed by atoms with van der Waals surface area (Å²) in [6.45, 7) is 2.70. The number of nitrogen functional groups attached to an aromatic ring is 1. The van der Waals surface area contributed by atoms with Gasteiger partial charge in [0.25, 0.3) is 5.91 Å². The third-order valence-corrected chi connectivity index (χ3v) is 7.10. The predicted octanol–water partition coefficient (Wildman–Crippen LogP) is 4.71. The summed E-state index contributed by atoms with van der Waals surface area (Å²) < 4.78 is 5.65. The number of ether oxygens (including phenoxy) is 1. The Morgan fingerprint density at radius 2 is 1.82 bits per heavy atom. The second-order valence-corrected chi connectivity index (χ2v) is 9.53. The Morgan fingerprint density at radius 3 is 2.62 bits per heavy atom. The van der Waals surface area contributed by atoms with Crippen LogP contribution in [0.4, 0.5) is 11.8 Å². The van der Waals surface area contributed by atoms with Crippen LogP contribution in [0.2, 0.25) is 5.02 Å². The highest BCUT2D eigenvalue weighted by molar-refractivity contribution is 7.22. The molecule has 9 heteroatoms. The molecule has 0 atom stereocenters. The van der Waals surface area contributed by atoms with Crippen molar-refractivity contribution < 1.29 is 9.53 Å². The fraction of sp³-hybridized carbons (Fsp3) is 0.240. The molecule has 4 aromatic rings. The maximum absolute atomic E-state index is 12.8. The third-order valence-electron chi connectivity index (χ3n) is 5.77. The Hall–Kier alpha value is -3.36. The van der Waals surface area contributed by atoms with Crippen LogP contribution in [0.5, 0.6) is 5.75 Å². The Labute approximate surface area is 206 Å². The highest BCUT2D eigenvalue weighted by atomic mass is 35.5. The monoisotopic (exact) mass is 493 g/mol. The van der Waals surface area contributed by atoms with Gasteiger partial charge in [0.2, 0.25) is 5.95 Å². The molecule has 1 saturated heterocycles. The lowest BCUT2D eigenvalue weighted by Crippen LogP contribution is -2.38. The van der Waals surface area contributed by atoms with E-state index in [1.165, 1.54) is 0 Å². The number of nitrogens with zero attached hydrogens (tertiary/aromatic N) is 4. The summed E-state index contributed by atoms with van der Waals surface area (Å²) >= 11 is 7.52. The van der Waals surface area contributed by atoms with Gasteiger partial charge in [-0.15, -0.1) is 11.3 Å². The number of benzene rings is 2. The minimum atomic E-state index is -0.0361. The molecule has 2 aromatic carbocycles. The molecule has 0 spiro atoms. The van der Waals surface area contributed by atoms with Crippen LogP contribution in [0.1, 0.15) is 6.42 Å². The highest BCUT2D eigenvalue weighted by Gasteiger charge is 2.23. The van der Waals surface area contributed by atoms with E-state index < -0.39 is 0 Å². The van der Waals surface area contributed by atoms with Crippen molar-refractivity contribution in [3.05, 3.63) is 65.7 Å². The molecule has 2 N–H and O–H groups in total. The van der Waals surface area contributed by atoms with Crippen molar-refractivity contribution in [1.29, 1.82) is 0 Å². The number of fused-ring (bicyclic) bond motifs is 1. The van der Waals surface area contributed by atoms with Crippen molar-refractivity contribution in [1.82, 2.24) is 14.9 Å². The van der Waals surface area contributed by atoms with E-state index in [1.54, 1.807) is 35.6 Å². The topological polar surface area (TPSA) is 84.6 Å². The fourth-order valence-electron chi connectivity index (χ4n) is 4.05. The first-order valence-electron chi connectivity index (χ1n) is 11.1. The summed E-state index contributed by atoms with van der Waals surface area (Å²) in [6, 6.07) is 19.4. The number of nitrogens with two attached hydrogens (primary N) is 1. The van der Waals surface area contributed by atoms with Crippen LogP contribution in [0.15, 0.2) is 60.7 Å². The maximum atomic E-state index is 12.8. The minimum absolute atomic E-state index is 0.00268. The van der Waals surface area contributed by atoms with Crippen LogP contribution >= 0.6 is 22.9 Å². The number of carbonyl (C=O) groups is 1. The number of amides is 1. The largest absolute Gasteiger partial charge is 0.484 e. The third kappa shape index (κ3) is 4.93. The number of thiophene rings is 1. The number of carbonyl (C=O) groups excluding carboxylic acids is 1. The summed E-state index contributed by atoms with van der Waals surface area (Å²) in [4.78, 5) is 27.9. The molecule has 0 saturated carbocycles. The number of hydrogen-bond acceptors (Lipinski definition) is 7. The Bertz CT molecular complexity index is 1300. The van der Waals surface area contributed by atoms with E-state index in [0.717, 1.165) is 39.4 Å². The van der Waals surface area contributed by atoms with Crippen molar-refractivity contribution in [3.8, 4) is 16.2 Å². The number of anilines is 2. The van der Waals surface area contributed by atoms with Gasteiger partial charge in [-0.05, 0) is 42.3 Å². The van der Waals surface area contributed by atoms with Crippen LogP contribution in [-0.4, -0.2) is 53.6 Å². The van der Waals surface area contributed by atoms with E-state index in [2.05, 4.69) is 33.1 Å². The molecule has 7 nitrogen and oxygen atoms in total. The zero-order valence-electron chi connectivity index (χ0n) is 18.5. The Morgan fingerprint density at radius 1 is 1.03 bits per heavy atom. The summed E-state index contributed by atoms with van der Waals surface area (Å²) in [5, 5.41) is 1.62. The second kappa shape index (κ2) is 9.87. The average molecular weight is 494 g/mol. The minimum Gasteiger partial charge on any atom is -0.484 e. The molecule has 174 valence electrons. The molecule has 5 rings (SSSR count). The normalized spacial score (nSPS) is 14.3. The molecule has 0 aliphatic carbocycles. The zero-order valence-corrected chi connectivity index (χ0v) is 20.1. The Balaban J connectivity index is 1.30. The van der Waals surface area contributed by atoms with Crippen molar-refractivity contribution in [3.63, 3.8) is 0 Å². The molecule has 0 bridgehead atoms. The van der Waals surface area contributed by atoms with Crippen LogP contribution in [0.3, 0.4) is 0 Å². The highest BCUT2D eigenvalue weighted by Crippen LogP contribution is 2.37. The maximum Gasteiger partial charge on any atom is 0.260 e. The molecule has 0 unspecified atom stereocenters. The lowest BCUT2D eigenvalue weighted by atomic mass is 10.2. The van der Waals surface area contributed by atoms with Crippen LogP contribution in [0.25, 0.3) is 20.7 Å². The first-order chi connectivity index (χ1) is 16.6. The van der Waals surface area contributed by atoms with Gasteiger partial charge in [0, 0.05) is 36.1 Å². The molecule has 1 fully saturated rings. The van der Waals surface area contributed by atoms with E-state index in [-0.39, 0.29) is 18.5 Å². The molecule has 1 aliphatic heterocycles. The quantitative estimate of drug-likeness (QED) is 0.433. The van der Waals surface area contributed by atoms with Crippen molar-refractivity contribution in [2.24, 2.45) is 0 Å². The predicted molar refractivity (Wildman–Crippen MR) is 138 cm³/mol. The molecule has 2 aromatic heterocycles. The van der Waals surface area contributed by atoms with E-state index in [9.17, 15) is 4.79 Å². The van der Waals surface area contributed by atoms with E-state index in [4.69, 9.17) is 22.1 Å². The smallest absolute Gasteiger partial charge is 0.260 e. The molecule has 1 aliphatic rings. The average Bonchev–Trinajstić information content (AvgIpc) is 3.12. The van der Waals surface area contributed by atoms with Gasteiger partial charge in [0.05, 0.1) is 5.39 Å². The lowest BCUT2D eigenvalue weighted by Gasteiger charge is -2.23. The second-order valence-electron chi connectivity index (χ2n) is 8.06. The lowest BCUT2D eigenvalue weighted by molar-refractivity contribution is -0.133. The first-order valence-corrected chi connectivity index (χ1v) is 12.3. The zero-order chi connectivity index (χ0) is 23.5. The molecular weight excluding hydrogens is 470 g/mol. The molecule has 0 radical (unpaired) electrons. The van der Waals surface area contributed by atoms with Crippen LogP contribution in [0, 0.1) is 0 Å². The van der Waals surface area contributed by atoms with Gasteiger partial charge >= 0.3 is 0 Å². The van der Waals surface area contributed by atoms with Crippen LogP contribution < -0.4 is 15.4 Å². The molecular formula is C25H24ClN5O2S. The van der Waals surface area contributed by atoms with Gasteiger partial charge in [-0.25, -0.2) is 4.98 Å². The van der Waals surface area contributed by atoms with Crippen molar-refractivity contribution in [2.45, 2.75) is 6.42 Å². The fourth-order valence-corrected chi connectivity index (χ4v) is 5.22. The number of hydrogen-bond donors (Lipinski definition) is 1. The van der Waals surface area contributed by atoms with Crippen molar-refractivity contribution in [2.75, 3.05) is 43.4 Å². The number of rotatable bonds is 5. The van der Waals surface area contributed by atoms with E-state index >= 15 is 0 Å². The summed E-state index contributed by atoms with van der Waals surface area (Å²) in [5.74, 6) is 1.68. The van der Waals surface area contributed by atoms with Crippen molar-refractivity contribution >= 4 is 50.8 Å². The summed E-state index contributed by atoms with van der Waals surface area (Å²) in [5.41, 5.74) is 7.21. The van der Waals surface area contributed by atoms with Gasteiger partial charge in [0.1, 0.15) is 16.4 Å².